The molecule has 2 rings (SSSR count). The van der Waals surface area contributed by atoms with Crippen molar-refractivity contribution in [2.75, 3.05) is 27.9 Å². The number of ether oxygens (including phenoxy) is 3. The average Bonchev–Trinajstić information content (AvgIpc) is 2.69. The lowest BCUT2D eigenvalue weighted by Gasteiger charge is -2.23. The van der Waals surface area contributed by atoms with Gasteiger partial charge in [-0.15, -0.1) is 0 Å². The summed E-state index contributed by atoms with van der Waals surface area (Å²) >= 11 is 0. The van der Waals surface area contributed by atoms with E-state index in [1.165, 1.54) is 21.3 Å². The molecule has 0 heterocycles. The second-order valence-electron chi connectivity index (χ2n) is 5.84. The molecule has 0 aliphatic rings. The van der Waals surface area contributed by atoms with E-state index in [0.29, 0.717) is 29.4 Å². The Bertz CT molecular complexity index is 767. The topological polar surface area (TPSA) is 91.1 Å². The summed E-state index contributed by atoms with van der Waals surface area (Å²) in [6.07, 6.45) is 0.0724. The van der Waals surface area contributed by atoms with Gasteiger partial charge >= 0.3 is 0 Å². The first kappa shape index (κ1) is 20.1. The fraction of sp³-hybridized carbons (Fsp3) is 0.300. The first-order valence-corrected chi connectivity index (χ1v) is 8.41. The molecule has 0 saturated carbocycles. The van der Waals surface area contributed by atoms with Gasteiger partial charge in [0.25, 0.3) is 5.91 Å². The van der Waals surface area contributed by atoms with Gasteiger partial charge in [0.15, 0.2) is 11.5 Å². The standard InChI is InChI=1S/C20H24N2O5/c1-25-16-11-15(12-17(26-2)19(16)27-3)20(24)22(10-9-18(21)23)13-14-7-5-4-6-8-14/h4-8,11-12H,9-10,13H2,1-3H3,(H2,21,23). The molecule has 7 nitrogen and oxygen atoms in total. The third-order valence-electron chi connectivity index (χ3n) is 4.04. The minimum absolute atomic E-state index is 0.0724. The Morgan fingerprint density at radius 2 is 1.56 bits per heavy atom. The Labute approximate surface area is 158 Å². The fourth-order valence-electron chi connectivity index (χ4n) is 2.69. The third-order valence-corrected chi connectivity index (χ3v) is 4.04. The molecule has 0 unspecified atom stereocenters. The fourth-order valence-corrected chi connectivity index (χ4v) is 2.69. The van der Waals surface area contributed by atoms with Crippen molar-refractivity contribution in [3.8, 4) is 17.2 Å². The van der Waals surface area contributed by atoms with Crippen LogP contribution in [0.5, 0.6) is 17.2 Å². The number of hydrogen-bond donors (Lipinski definition) is 1. The number of hydrogen-bond acceptors (Lipinski definition) is 5. The van der Waals surface area contributed by atoms with Crippen LogP contribution in [0.2, 0.25) is 0 Å². The predicted molar refractivity (Wildman–Crippen MR) is 101 cm³/mol. The Balaban J connectivity index is 2.37. The van der Waals surface area contributed by atoms with Crippen molar-refractivity contribution >= 4 is 11.8 Å². The number of benzene rings is 2. The van der Waals surface area contributed by atoms with Crippen molar-refractivity contribution in [2.24, 2.45) is 5.73 Å². The number of nitrogens with two attached hydrogens (primary N) is 1. The molecule has 0 bridgehead atoms. The highest BCUT2D eigenvalue weighted by atomic mass is 16.5. The van der Waals surface area contributed by atoms with Gasteiger partial charge in [-0.1, -0.05) is 30.3 Å². The van der Waals surface area contributed by atoms with Crippen molar-refractivity contribution < 1.29 is 23.8 Å². The van der Waals surface area contributed by atoms with Crippen LogP contribution in [0.25, 0.3) is 0 Å². The van der Waals surface area contributed by atoms with Gasteiger partial charge in [0.2, 0.25) is 11.7 Å². The van der Waals surface area contributed by atoms with Crippen molar-refractivity contribution in [3.63, 3.8) is 0 Å². The van der Waals surface area contributed by atoms with Crippen LogP contribution in [0.3, 0.4) is 0 Å². The minimum atomic E-state index is -0.467. The molecule has 2 N–H and O–H groups in total. The monoisotopic (exact) mass is 372 g/mol. The molecule has 0 spiro atoms. The van der Waals surface area contributed by atoms with Crippen LogP contribution in [-0.2, 0) is 11.3 Å². The molecular formula is C20H24N2O5. The number of amides is 2. The molecule has 0 aromatic heterocycles. The van der Waals surface area contributed by atoms with E-state index < -0.39 is 5.91 Å². The maximum Gasteiger partial charge on any atom is 0.254 e. The number of carbonyl (C=O) groups excluding carboxylic acids is 2. The molecule has 2 aromatic rings. The SMILES string of the molecule is COc1cc(C(=O)N(CCC(N)=O)Cc2ccccc2)cc(OC)c1OC. The zero-order valence-electron chi connectivity index (χ0n) is 15.7. The summed E-state index contributed by atoms with van der Waals surface area (Å²) in [5.74, 6) is 0.443. The van der Waals surface area contributed by atoms with Gasteiger partial charge in [0.1, 0.15) is 0 Å². The zero-order chi connectivity index (χ0) is 19.8. The summed E-state index contributed by atoms with van der Waals surface area (Å²) in [4.78, 5) is 25.9. The molecule has 0 aliphatic heterocycles. The summed E-state index contributed by atoms with van der Waals surface area (Å²) in [5, 5.41) is 0. The second kappa shape index (κ2) is 9.47. The smallest absolute Gasteiger partial charge is 0.254 e. The van der Waals surface area contributed by atoms with Gasteiger partial charge in [0.05, 0.1) is 21.3 Å². The molecule has 2 amide bonds. The van der Waals surface area contributed by atoms with Gasteiger partial charge in [-0.3, -0.25) is 9.59 Å². The van der Waals surface area contributed by atoms with E-state index in [1.54, 1.807) is 17.0 Å². The molecule has 2 aromatic carbocycles. The molecule has 27 heavy (non-hydrogen) atoms. The van der Waals surface area contributed by atoms with E-state index in [-0.39, 0.29) is 18.9 Å². The number of methoxy groups -OCH3 is 3. The van der Waals surface area contributed by atoms with Crippen molar-refractivity contribution in [2.45, 2.75) is 13.0 Å². The van der Waals surface area contributed by atoms with Gasteiger partial charge in [-0.05, 0) is 17.7 Å². The molecule has 0 aliphatic carbocycles. The summed E-state index contributed by atoms with van der Waals surface area (Å²) < 4.78 is 15.9. The molecule has 7 heteroatoms. The third kappa shape index (κ3) is 5.13. The normalized spacial score (nSPS) is 10.2. The Morgan fingerprint density at radius 1 is 0.963 bits per heavy atom. The quantitative estimate of drug-likeness (QED) is 0.729. The highest BCUT2D eigenvalue weighted by Gasteiger charge is 2.21. The predicted octanol–water partition coefficient (Wildman–Crippen LogP) is 2.23. The van der Waals surface area contributed by atoms with Gasteiger partial charge in [-0.25, -0.2) is 0 Å². The second-order valence-corrected chi connectivity index (χ2v) is 5.84. The molecule has 0 radical (unpaired) electrons. The maximum atomic E-state index is 13.1. The van der Waals surface area contributed by atoms with Crippen molar-refractivity contribution in [1.82, 2.24) is 4.90 Å². The summed E-state index contributed by atoms with van der Waals surface area (Å²) in [6.45, 7) is 0.559. The van der Waals surface area contributed by atoms with E-state index in [1.807, 2.05) is 30.3 Å². The average molecular weight is 372 g/mol. The molecule has 0 saturated heterocycles. The first-order chi connectivity index (χ1) is 13.0. The van der Waals surface area contributed by atoms with Crippen LogP contribution in [0.4, 0.5) is 0 Å². The molecular weight excluding hydrogens is 348 g/mol. The number of carbonyl (C=O) groups is 2. The van der Waals surface area contributed by atoms with E-state index in [9.17, 15) is 9.59 Å². The number of nitrogens with zero attached hydrogens (tertiary/aromatic N) is 1. The Kier molecular flexibility index (Phi) is 7.05. The van der Waals surface area contributed by atoms with Gasteiger partial charge in [-0.2, -0.15) is 0 Å². The van der Waals surface area contributed by atoms with Crippen LogP contribution >= 0.6 is 0 Å². The van der Waals surface area contributed by atoms with Crippen molar-refractivity contribution in [1.29, 1.82) is 0 Å². The van der Waals surface area contributed by atoms with Gasteiger partial charge < -0.3 is 24.8 Å². The largest absolute Gasteiger partial charge is 0.493 e. The highest BCUT2D eigenvalue weighted by molar-refractivity contribution is 5.96. The molecule has 144 valence electrons. The van der Waals surface area contributed by atoms with Crippen LogP contribution in [0.15, 0.2) is 42.5 Å². The first-order valence-electron chi connectivity index (χ1n) is 8.41. The lowest BCUT2D eigenvalue weighted by atomic mass is 10.1. The Hall–Kier alpha value is -3.22. The van der Waals surface area contributed by atoms with Crippen molar-refractivity contribution in [3.05, 3.63) is 53.6 Å². The number of primary amides is 1. The maximum absolute atomic E-state index is 13.1. The summed E-state index contributed by atoms with van der Waals surface area (Å²) in [5.41, 5.74) is 6.58. The van der Waals surface area contributed by atoms with Gasteiger partial charge in [0, 0.05) is 25.1 Å². The Morgan fingerprint density at radius 3 is 2.04 bits per heavy atom. The molecule has 0 fully saturated rings. The van der Waals surface area contributed by atoms with E-state index >= 15 is 0 Å². The number of rotatable bonds is 9. The van der Waals surface area contributed by atoms with E-state index in [0.717, 1.165) is 5.56 Å². The van der Waals surface area contributed by atoms with Crippen LogP contribution in [0, 0.1) is 0 Å². The summed E-state index contributed by atoms with van der Waals surface area (Å²) in [6, 6.07) is 12.7. The zero-order valence-corrected chi connectivity index (χ0v) is 15.7. The van der Waals surface area contributed by atoms with Crippen LogP contribution in [-0.4, -0.2) is 44.6 Å². The van der Waals surface area contributed by atoms with E-state index in [4.69, 9.17) is 19.9 Å². The lowest BCUT2D eigenvalue weighted by Crippen LogP contribution is -2.33. The van der Waals surface area contributed by atoms with Crippen LogP contribution in [0.1, 0.15) is 22.3 Å². The van der Waals surface area contributed by atoms with E-state index in [2.05, 4.69) is 0 Å². The lowest BCUT2D eigenvalue weighted by molar-refractivity contribution is -0.118. The highest BCUT2D eigenvalue weighted by Crippen LogP contribution is 2.38. The molecule has 0 atom stereocenters. The van der Waals surface area contributed by atoms with Crippen LogP contribution < -0.4 is 19.9 Å². The summed E-state index contributed by atoms with van der Waals surface area (Å²) in [7, 11) is 4.47. The minimum Gasteiger partial charge on any atom is -0.493 e.